The largest absolute Gasteiger partial charge is 0.469 e. The van der Waals surface area contributed by atoms with Gasteiger partial charge in [-0.15, -0.1) is 0 Å². The Balaban J connectivity index is 4.07. The molecule has 0 aliphatic heterocycles. The maximum absolute atomic E-state index is 11.4. The number of esters is 1. The number of methoxy groups -OCH3 is 1. The molecule has 0 spiro atoms. The van der Waals surface area contributed by atoms with E-state index in [-0.39, 0.29) is 23.7 Å². The van der Waals surface area contributed by atoms with Gasteiger partial charge in [-0.3, -0.25) is 9.59 Å². The first-order valence-corrected chi connectivity index (χ1v) is 5.37. The second kappa shape index (κ2) is 7.26. The Kier molecular flexibility index (Phi) is 6.75. The molecule has 0 aromatic rings. The monoisotopic (exact) mass is 215 g/mol. The van der Waals surface area contributed by atoms with Crippen molar-refractivity contribution in [2.75, 3.05) is 13.7 Å². The summed E-state index contributed by atoms with van der Waals surface area (Å²) in [6, 6.07) is 0. The van der Waals surface area contributed by atoms with E-state index in [2.05, 4.69) is 10.1 Å². The Morgan fingerprint density at radius 3 is 2.33 bits per heavy atom. The molecule has 0 unspecified atom stereocenters. The van der Waals surface area contributed by atoms with Gasteiger partial charge in [0.05, 0.1) is 13.0 Å². The highest BCUT2D eigenvalue weighted by Crippen LogP contribution is 2.11. The molecule has 1 amide bonds. The third-order valence-corrected chi connectivity index (χ3v) is 2.30. The third-order valence-electron chi connectivity index (χ3n) is 2.30. The average Bonchev–Trinajstić information content (AvgIpc) is 2.17. The summed E-state index contributed by atoms with van der Waals surface area (Å²) in [5.74, 6) is -0.357. The number of ether oxygens (including phenoxy) is 1. The summed E-state index contributed by atoms with van der Waals surface area (Å²) in [6.07, 6.45) is 1.32. The quantitative estimate of drug-likeness (QED) is 0.680. The molecule has 4 heteroatoms. The van der Waals surface area contributed by atoms with E-state index in [1.165, 1.54) is 7.11 Å². The molecule has 0 fully saturated rings. The fourth-order valence-corrected chi connectivity index (χ4v) is 1.28. The van der Waals surface area contributed by atoms with E-state index < -0.39 is 0 Å². The molecule has 0 radical (unpaired) electrons. The minimum Gasteiger partial charge on any atom is -0.469 e. The Hall–Kier alpha value is -1.06. The molecule has 0 saturated carbocycles. The van der Waals surface area contributed by atoms with E-state index in [9.17, 15) is 9.59 Å². The minimum absolute atomic E-state index is 0.00736. The molecule has 0 bridgehead atoms. The van der Waals surface area contributed by atoms with Crippen molar-refractivity contribution in [3.05, 3.63) is 0 Å². The molecule has 88 valence electrons. The fraction of sp³-hybridized carbons (Fsp3) is 0.818. The van der Waals surface area contributed by atoms with Crippen LogP contribution in [0.1, 0.15) is 33.6 Å². The van der Waals surface area contributed by atoms with Crippen LogP contribution in [0.5, 0.6) is 0 Å². The zero-order valence-corrected chi connectivity index (χ0v) is 10.0. The number of amides is 1. The number of rotatable bonds is 6. The molecule has 1 atom stereocenters. The molecular weight excluding hydrogens is 194 g/mol. The zero-order valence-electron chi connectivity index (χ0n) is 10.0. The summed E-state index contributed by atoms with van der Waals surface area (Å²) in [7, 11) is 1.37. The minimum atomic E-state index is -0.262. The molecule has 15 heavy (non-hydrogen) atoms. The number of nitrogens with one attached hydrogen (secondary N) is 1. The highest BCUT2D eigenvalue weighted by atomic mass is 16.5. The van der Waals surface area contributed by atoms with Gasteiger partial charge in [0.2, 0.25) is 5.91 Å². The van der Waals surface area contributed by atoms with Gasteiger partial charge in [-0.25, -0.2) is 0 Å². The van der Waals surface area contributed by atoms with Crippen LogP contribution in [-0.4, -0.2) is 25.5 Å². The molecule has 0 aromatic carbocycles. The number of hydrogen-bond acceptors (Lipinski definition) is 3. The zero-order chi connectivity index (χ0) is 11.8. The van der Waals surface area contributed by atoms with Crippen LogP contribution in [-0.2, 0) is 14.3 Å². The van der Waals surface area contributed by atoms with Crippen molar-refractivity contribution in [2.24, 2.45) is 11.8 Å². The van der Waals surface area contributed by atoms with Crippen LogP contribution in [0.25, 0.3) is 0 Å². The van der Waals surface area contributed by atoms with Crippen LogP contribution in [0.4, 0.5) is 0 Å². The molecular formula is C11H21NO3. The van der Waals surface area contributed by atoms with Crippen molar-refractivity contribution >= 4 is 11.9 Å². The van der Waals surface area contributed by atoms with Gasteiger partial charge in [-0.2, -0.15) is 0 Å². The van der Waals surface area contributed by atoms with Gasteiger partial charge >= 0.3 is 5.97 Å². The standard InChI is InChI=1S/C11H21NO3/c1-5-6-10(13)12-7-9(8(2)3)11(14)15-4/h8-9H,5-7H2,1-4H3,(H,12,13)/t9-/m1/s1. The lowest BCUT2D eigenvalue weighted by Gasteiger charge is -2.18. The van der Waals surface area contributed by atoms with Crippen molar-refractivity contribution in [3.63, 3.8) is 0 Å². The average molecular weight is 215 g/mol. The summed E-state index contributed by atoms with van der Waals surface area (Å²) in [4.78, 5) is 22.6. The van der Waals surface area contributed by atoms with Gasteiger partial charge < -0.3 is 10.1 Å². The van der Waals surface area contributed by atoms with Gasteiger partial charge in [0.1, 0.15) is 0 Å². The second-order valence-electron chi connectivity index (χ2n) is 3.93. The highest BCUT2D eigenvalue weighted by Gasteiger charge is 2.23. The van der Waals surface area contributed by atoms with E-state index in [0.717, 1.165) is 6.42 Å². The smallest absolute Gasteiger partial charge is 0.310 e. The predicted octanol–water partition coefficient (Wildman–Crippen LogP) is 1.35. The molecule has 0 rings (SSSR count). The first-order valence-electron chi connectivity index (χ1n) is 5.37. The third kappa shape index (κ3) is 5.40. The Labute approximate surface area is 91.4 Å². The van der Waals surface area contributed by atoms with Crippen LogP contribution in [0.3, 0.4) is 0 Å². The van der Waals surface area contributed by atoms with Gasteiger partial charge in [0, 0.05) is 13.0 Å². The molecule has 0 aliphatic rings. The van der Waals surface area contributed by atoms with Crippen LogP contribution in [0, 0.1) is 11.8 Å². The SMILES string of the molecule is CCCC(=O)NC[C@@H](C(=O)OC)C(C)C. The second-order valence-corrected chi connectivity index (χ2v) is 3.93. The lowest BCUT2D eigenvalue weighted by Crippen LogP contribution is -2.36. The van der Waals surface area contributed by atoms with Crippen LogP contribution >= 0.6 is 0 Å². The lowest BCUT2D eigenvalue weighted by molar-refractivity contribution is -0.146. The van der Waals surface area contributed by atoms with E-state index in [1.807, 2.05) is 20.8 Å². The van der Waals surface area contributed by atoms with E-state index in [1.54, 1.807) is 0 Å². The summed E-state index contributed by atoms with van der Waals surface area (Å²) in [6.45, 7) is 6.18. The van der Waals surface area contributed by atoms with E-state index >= 15 is 0 Å². The topological polar surface area (TPSA) is 55.4 Å². The van der Waals surface area contributed by atoms with Crippen LogP contribution < -0.4 is 5.32 Å². The van der Waals surface area contributed by atoms with Gasteiger partial charge in [0.15, 0.2) is 0 Å². The lowest BCUT2D eigenvalue weighted by atomic mass is 9.96. The predicted molar refractivity (Wildman–Crippen MR) is 58.3 cm³/mol. The molecule has 0 saturated heterocycles. The van der Waals surface area contributed by atoms with Gasteiger partial charge in [-0.05, 0) is 12.3 Å². The summed E-state index contributed by atoms with van der Waals surface area (Å²) < 4.78 is 4.68. The first kappa shape index (κ1) is 13.9. The van der Waals surface area contributed by atoms with E-state index in [0.29, 0.717) is 13.0 Å². The van der Waals surface area contributed by atoms with Crippen molar-refractivity contribution in [3.8, 4) is 0 Å². The highest BCUT2D eigenvalue weighted by molar-refractivity contribution is 5.77. The van der Waals surface area contributed by atoms with Crippen LogP contribution in [0.2, 0.25) is 0 Å². The maximum Gasteiger partial charge on any atom is 0.310 e. The van der Waals surface area contributed by atoms with Crippen molar-refractivity contribution in [1.82, 2.24) is 5.32 Å². The van der Waals surface area contributed by atoms with Crippen molar-refractivity contribution in [2.45, 2.75) is 33.6 Å². The maximum atomic E-state index is 11.4. The Bertz CT molecular complexity index is 214. The van der Waals surface area contributed by atoms with E-state index in [4.69, 9.17) is 0 Å². The first-order chi connectivity index (χ1) is 7.02. The normalized spacial score (nSPS) is 12.3. The Morgan fingerprint density at radius 2 is 1.93 bits per heavy atom. The summed E-state index contributed by atoms with van der Waals surface area (Å²) >= 11 is 0. The molecule has 0 aromatic heterocycles. The van der Waals surface area contributed by atoms with Crippen molar-refractivity contribution in [1.29, 1.82) is 0 Å². The molecule has 0 aliphatic carbocycles. The molecule has 4 nitrogen and oxygen atoms in total. The molecule has 0 heterocycles. The van der Waals surface area contributed by atoms with Crippen LogP contribution in [0.15, 0.2) is 0 Å². The number of carbonyl (C=O) groups excluding carboxylic acids is 2. The summed E-state index contributed by atoms with van der Waals surface area (Å²) in [5.41, 5.74) is 0. The Morgan fingerprint density at radius 1 is 1.33 bits per heavy atom. The van der Waals surface area contributed by atoms with Gasteiger partial charge in [0.25, 0.3) is 0 Å². The number of carbonyl (C=O) groups is 2. The van der Waals surface area contributed by atoms with Gasteiger partial charge in [-0.1, -0.05) is 20.8 Å². The fourth-order valence-electron chi connectivity index (χ4n) is 1.28. The number of hydrogen-bond donors (Lipinski definition) is 1. The molecule has 1 N–H and O–H groups in total. The summed E-state index contributed by atoms with van der Waals surface area (Å²) in [5, 5.41) is 2.74. The van der Waals surface area contributed by atoms with Crippen molar-refractivity contribution < 1.29 is 14.3 Å².